The van der Waals surface area contributed by atoms with Gasteiger partial charge in [-0.25, -0.2) is 4.68 Å². The Morgan fingerprint density at radius 2 is 2.35 bits per heavy atom. The average Bonchev–Trinajstić information content (AvgIpc) is 2.71. The van der Waals surface area contributed by atoms with Crippen LogP contribution in [0.3, 0.4) is 0 Å². The second-order valence-electron chi connectivity index (χ2n) is 3.99. The average molecular weight is 267 g/mol. The molecule has 1 aliphatic rings. The summed E-state index contributed by atoms with van der Waals surface area (Å²) in [6.45, 7) is 2.14. The molecule has 2 heterocycles. The number of aromatic nitrogens is 3. The molecule has 1 aromatic carbocycles. The van der Waals surface area contributed by atoms with E-state index in [0.29, 0.717) is 11.1 Å². The molecule has 0 saturated heterocycles. The number of hydrogen-bond donors (Lipinski definition) is 1. The molecular formula is C11H11ClN4S. The van der Waals surface area contributed by atoms with Crippen LogP contribution in [0.5, 0.6) is 0 Å². The molecule has 0 spiro atoms. The lowest BCUT2D eigenvalue weighted by Crippen LogP contribution is -2.32. The summed E-state index contributed by atoms with van der Waals surface area (Å²) in [4.78, 5) is 0. The fourth-order valence-electron chi connectivity index (χ4n) is 1.75. The first-order valence-electron chi connectivity index (χ1n) is 5.35. The van der Waals surface area contributed by atoms with Crippen LogP contribution < -0.4 is 5.43 Å². The molecule has 0 radical (unpaired) electrons. The molecule has 1 aromatic heterocycles. The minimum absolute atomic E-state index is 0.404. The van der Waals surface area contributed by atoms with Crippen LogP contribution in [-0.2, 0) is 0 Å². The lowest BCUT2D eigenvalue weighted by molar-refractivity contribution is 0.672. The molecular weight excluding hydrogens is 256 g/mol. The molecule has 0 amide bonds. The van der Waals surface area contributed by atoms with Crippen molar-refractivity contribution in [3.05, 3.63) is 29.3 Å². The van der Waals surface area contributed by atoms with Gasteiger partial charge in [-0.2, -0.15) is 0 Å². The van der Waals surface area contributed by atoms with Gasteiger partial charge in [0, 0.05) is 22.4 Å². The summed E-state index contributed by atoms with van der Waals surface area (Å²) in [5.41, 5.74) is 4.32. The van der Waals surface area contributed by atoms with Crippen molar-refractivity contribution in [3.63, 3.8) is 0 Å². The zero-order valence-corrected chi connectivity index (χ0v) is 10.8. The molecule has 2 aromatic rings. The van der Waals surface area contributed by atoms with Crippen molar-refractivity contribution in [2.75, 3.05) is 11.2 Å². The van der Waals surface area contributed by atoms with Crippen LogP contribution in [-0.4, -0.2) is 26.7 Å². The van der Waals surface area contributed by atoms with Crippen LogP contribution in [0.4, 0.5) is 0 Å². The van der Waals surface area contributed by atoms with Gasteiger partial charge in [-0.05, 0) is 19.1 Å². The molecule has 4 nitrogen and oxygen atoms in total. The minimum Gasteiger partial charge on any atom is -0.318 e. The third kappa shape index (κ3) is 2.00. The van der Waals surface area contributed by atoms with Crippen molar-refractivity contribution in [3.8, 4) is 11.4 Å². The molecule has 1 atom stereocenters. The Morgan fingerprint density at radius 1 is 1.47 bits per heavy atom. The van der Waals surface area contributed by atoms with Crippen molar-refractivity contribution < 1.29 is 0 Å². The van der Waals surface area contributed by atoms with Gasteiger partial charge in [-0.1, -0.05) is 35.5 Å². The minimum atomic E-state index is 0.404. The molecule has 1 aliphatic heterocycles. The Bertz CT molecular complexity index is 554. The standard InChI is InChI=1S/C11H11ClN4S/c1-7-6-17-11-14-13-10(16(11)15-7)8-3-2-4-9(12)5-8/h2-5,7,15H,6H2,1H3. The summed E-state index contributed by atoms with van der Waals surface area (Å²) < 4.78 is 1.94. The zero-order chi connectivity index (χ0) is 11.8. The first-order chi connectivity index (χ1) is 8.24. The van der Waals surface area contributed by atoms with Crippen LogP contribution in [0.1, 0.15) is 6.92 Å². The van der Waals surface area contributed by atoms with E-state index in [0.717, 1.165) is 22.3 Å². The molecule has 3 rings (SSSR count). The van der Waals surface area contributed by atoms with E-state index in [-0.39, 0.29) is 0 Å². The quantitative estimate of drug-likeness (QED) is 0.862. The molecule has 0 aliphatic carbocycles. The number of nitrogens with zero attached hydrogens (tertiary/aromatic N) is 3. The van der Waals surface area contributed by atoms with Gasteiger partial charge in [-0.15, -0.1) is 10.2 Å². The zero-order valence-electron chi connectivity index (χ0n) is 9.22. The maximum absolute atomic E-state index is 5.99. The number of halogens is 1. The van der Waals surface area contributed by atoms with Gasteiger partial charge >= 0.3 is 0 Å². The maximum atomic E-state index is 5.99. The Morgan fingerprint density at radius 3 is 3.18 bits per heavy atom. The van der Waals surface area contributed by atoms with E-state index in [1.807, 2.05) is 28.9 Å². The predicted molar refractivity (Wildman–Crippen MR) is 70.0 cm³/mol. The van der Waals surface area contributed by atoms with Gasteiger partial charge in [0.05, 0.1) is 0 Å². The number of rotatable bonds is 1. The number of fused-ring (bicyclic) bond motifs is 1. The first-order valence-corrected chi connectivity index (χ1v) is 6.71. The summed E-state index contributed by atoms with van der Waals surface area (Å²) in [7, 11) is 0. The van der Waals surface area contributed by atoms with Crippen LogP contribution in [0.25, 0.3) is 11.4 Å². The highest BCUT2D eigenvalue weighted by Crippen LogP contribution is 2.27. The highest BCUT2D eigenvalue weighted by atomic mass is 35.5. The molecule has 1 unspecified atom stereocenters. The summed E-state index contributed by atoms with van der Waals surface area (Å²) in [5, 5.41) is 9.99. The monoisotopic (exact) mass is 266 g/mol. The summed E-state index contributed by atoms with van der Waals surface area (Å²) in [5.74, 6) is 1.81. The third-order valence-corrected chi connectivity index (χ3v) is 3.95. The van der Waals surface area contributed by atoms with Gasteiger partial charge < -0.3 is 5.43 Å². The summed E-state index contributed by atoms with van der Waals surface area (Å²) in [6, 6.07) is 8.04. The van der Waals surface area contributed by atoms with Crippen molar-refractivity contribution in [2.45, 2.75) is 18.1 Å². The van der Waals surface area contributed by atoms with E-state index in [1.165, 1.54) is 0 Å². The molecule has 0 fully saturated rings. The van der Waals surface area contributed by atoms with E-state index < -0.39 is 0 Å². The molecule has 88 valence electrons. The van der Waals surface area contributed by atoms with E-state index in [1.54, 1.807) is 11.8 Å². The van der Waals surface area contributed by atoms with Crippen molar-refractivity contribution in [2.24, 2.45) is 0 Å². The Balaban J connectivity index is 2.07. The predicted octanol–water partition coefficient (Wildman–Crippen LogP) is 2.64. The van der Waals surface area contributed by atoms with Gasteiger partial charge in [0.15, 0.2) is 5.82 Å². The summed E-state index contributed by atoms with van der Waals surface area (Å²) in [6.07, 6.45) is 0. The number of benzene rings is 1. The van der Waals surface area contributed by atoms with Gasteiger partial charge in [0.25, 0.3) is 0 Å². The first kappa shape index (κ1) is 10.9. The van der Waals surface area contributed by atoms with Crippen molar-refractivity contribution in [1.29, 1.82) is 0 Å². The Kier molecular flexibility index (Phi) is 2.72. The van der Waals surface area contributed by atoms with Crippen LogP contribution in [0, 0.1) is 0 Å². The Hall–Kier alpha value is -1.20. The number of thioether (sulfide) groups is 1. The topological polar surface area (TPSA) is 42.7 Å². The largest absolute Gasteiger partial charge is 0.318 e. The van der Waals surface area contributed by atoms with Crippen molar-refractivity contribution in [1.82, 2.24) is 14.9 Å². The lowest BCUT2D eigenvalue weighted by atomic mass is 10.2. The Labute approximate surface area is 108 Å². The molecule has 6 heteroatoms. The smallest absolute Gasteiger partial charge is 0.210 e. The van der Waals surface area contributed by atoms with Gasteiger partial charge in [0.2, 0.25) is 5.16 Å². The molecule has 0 saturated carbocycles. The van der Waals surface area contributed by atoms with E-state index in [4.69, 9.17) is 11.6 Å². The molecule has 17 heavy (non-hydrogen) atoms. The van der Waals surface area contributed by atoms with Crippen LogP contribution in [0.2, 0.25) is 5.02 Å². The third-order valence-electron chi connectivity index (χ3n) is 2.53. The fraction of sp³-hybridized carbons (Fsp3) is 0.273. The molecule has 1 N–H and O–H groups in total. The second-order valence-corrected chi connectivity index (χ2v) is 5.42. The normalized spacial score (nSPS) is 18.6. The highest BCUT2D eigenvalue weighted by Gasteiger charge is 2.20. The second kappa shape index (κ2) is 4.23. The number of nitrogens with one attached hydrogen (secondary N) is 1. The van der Waals surface area contributed by atoms with Crippen LogP contribution >= 0.6 is 23.4 Å². The molecule has 0 bridgehead atoms. The SMILES string of the molecule is CC1CSc2nnc(-c3cccc(Cl)c3)n2N1. The maximum Gasteiger partial charge on any atom is 0.210 e. The van der Waals surface area contributed by atoms with Crippen molar-refractivity contribution >= 4 is 23.4 Å². The van der Waals surface area contributed by atoms with Gasteiger partial charge in [0.1, 0.15) is 0 Å². The lowest BCUT2D eigenvalue weighted by Gasteiger charge is -2.22. The number of hydrogen-bond acceptors (Lipinski definition) is 4. The van der Waals surface area contributed by atoms with E-state index in [2.05, 4.69) is 22.5 Å². The van der Waals surface area contributed by atoms with E-state index >= 15 is 0 Å². The van der Waals surface area contributed by atoms with Gasteiger partial charge in [-0.3, -0.25) is 0 Å². The van der Waals surface area contributed by atoms with Crippen LogP contribution in [0.15, 0.2) is 29.4 Å². The highest BCUT2D eigenvalue weighted by molar-refractivity contribution is 7.99. The van der Waals surface area contributed by atoms with E-state index in [9.17, 15) is 0 Å². The fourth-order valence-corrected chi connectivity index (χ4v) is 2.78. The summed E-state index contributed by atoms with van der Waals surface area (Å²) >= 11 is 7.70.